The van der Waals surface area contributed by atoms with Crippen molar-refractivity contribution >= 4 is 33.5 Å². The van der Waals surface area contributed by atoms with Crippen LogP contribution in [0.15, 0.2) is 55.0 Å². The zero-order chi connectivity index (χ0) is 35.6. The topological polar surface area (TPSA) is 106 Å². The largest absolute Gasteiger partial charge is 0.461 e. The second-order valence-electron chi connectivity index (χ2n) is 14.2. The third kappa shape index (κ3) is 5.57. The number of aromatic nitrogens is 4. The highest BCUT2D eigenvalue weighted by atomic mass is 19.1. The Hall–Kier alpha value is -5.32. The minimum absolute atomic E-state index is 0.0210. The average molecular weight is 706 g/mol. The number of pyridine rings is 2. The Labute approximate surface area is 297 Å². The van der Waals surface area contributed by atoms with E-state index in [0.29, 0.717) is 42.6 Å². The van der Waals surface area contributed by atoms with Gasteiger partial charge in [0.2, 0.25) is 0 Å². The molecule has 3 aromatic heterocycles. The number of hydrogen-bond donors (Lipinski definition) is 1. The molecule has 0 saturated carbocycles. The van der Waals surface area contributed by atoms with Crippen LogP contribution in [-0.2, 0) is 0 Å². The normalized spacial score (nSPS) is 24.0. The van der Waals surface area contributed by atoms with Crippen molar-refractivity contribution in [3.05, 3.63) is 77.8 Å². The fourth-order valence-electron chi connectivity index (χ4n) is 8.58. The molecule has 4 saturated heterocycles. The van der Waals surface area contributed by atoms with Gasteiger partial charge < -0.3 is 19.7 Å². The lowest BCUT2D eigenvalue weighted by atomic mass is 9.95. The van der Waals surface area contributed by atoms with Crippen molar-refractivity contribution in [3.8, 4) is 35.4 Å². The van der Waals surface area contributed by atoms with Gasteiger partial charge in [-0.05, 0) is 67.9 Å². The molecule has 5 aromatic rings. The van der Waals surface area contributed by atoms with Crippen LogP contribution in [-0.4, -0.2) is 87.4 Å². The number of anilines is 1. The summed E-state index contributed by atoms with van der Waals surface area (Å²) in [5.41, 5.74) is -0.452. The van der Waals surface area contributed by atoms with Crippen LogP contribution in [0.3, 0.4) is 0 Å². The Bertz CT molecular complexity index is 2270. The molecule has 13 heteroatoms. The number of alkyl halides is 1. The molecule has 2 bridgehead atoms. The summed E-state index contributed by atoms with van der Waals surface area (Å²) < 4.78 is 59.0. The monoisotopic (exact) mass is 705 g/mol. The van der Waals surface area contributed by atoms with Gasteiger partial charge in [-0.15, -0.1) is 6.42 Å². The van der Waals surface area contributed by atoms with Crippen LogP contribution in [0.4, 0.5) is 19.0 Å². The molecule has 0 spiro atoms. The number of halogens is 3. The van der Waals surface area contributed by atoms with Crippen molar-refractivity contribution in [2.45, 2.75) is 55.9 Å². The highest BCUT2D eigenvalue weighted by Gasteiger charge is 2.49. The van der Waals surface area contributed by atoms with Gasteiger partial charge in [-0.25, -0.2) is 18.0 Å². The van der Waals surface area contributed by atoms with E-state index in [2.05, 4.69) is 36.0 Å². The van der Waals surface area contributed by atoms with Crippen molar-refractivity contribution < 1.29 is 27.4 Å². The molecule has 0 amide bonds. The standard InChI is InChI=1S/C39H34F3N7O3/c1-2-28-31(41)9-6-22-13-27(52-37(50)23-5-3-11-43-16-23)14-29(32(22)28)34-33(42)35-30(17-44-34)36(48-19-25-7-8-26(20-48)45-25)47-38(46-35)51-21-39-10-4-12-49(39)18-24(40)15-39/h1,3,5-6,9,11,13-14,16-17,24-26,45H,4,7-8,10,12,15,18-21H2/t24?,25?,26?,39-/m0/s1. The SMILES string of the molecule is C#Cc1c(F)ccc2cc(OC(=O)c3cccnc3)cc(-c3ncc4c(N5CC6CCC(C5)N6)nc(OC[C@@]56CCCN5CC(F)C6)nc4c3F)c12. The Kier molecular flexibility index (Phi) is 7.97. The van der Waals surface area contributed by atoms with Gasteiger partial charge >= 0.3 is 12.0 Å². The van der Waals surface area contributed by atoms with Crippen molar-refractivity contribution in [1.82, 2.24) is 30.2 Å². The summed E-state index contributed by atoms with van der Waals surface area (Å²) in [6.07, 6.45) is 13.4. The number of rotatable bonds is 7. The van der Waals surface area contributed by atoms with E-state index in [0.717, 1.165) is 32.2 Å². The first kappa shape index (κ1) is 32.6. The van der Waals surface area contributed by atoms with Crippen LogP contribution in [0.1, 0.15) is 48.0 Å². The van der Waals surface area contributed by atoms with Crippen LogP contribution >= 0.6 is 0 Å². The average Bonchev–Trinajstić information content (AvgIpc) is 3.80. The van der Waals surface area contributed by atoms with Gasteiger partial charge in [0.1, 0.15) is 41.4 Å². The molecule has 4 atom stereocenters. The molecule has 0 aliphatic carbocycles. The molecule has 4 fully saturated rings. The van der Waals surface area contributed by atoms with E-state index in [1.165, 1.54) is 42.9 Å². The van der Waals surface area contributed by atoms with Gasteiger partial charge in [0, 0.05) is 67.7 Å². The lowest BCUT2D eigenvalue weighted by Gasteiger charge is -2.34. The molecular weight excluding hydrogens is 671 g/mol. The van der Waals surface area contributed by atoms with Crippen LogP contribution in [0.25, 0.3) is 32.9 Å². The number of fused-ring (bicyclic) bond motifs is 5. The van der Waals surface area contributed by atoms with Crippen molar-refractivity contribution in [2.75, 3.05) is 37.7 Å². The van der Waals surface area contributed by atoms with Crippen LogP contribution < -0.4 is 19.7 Å². The molecule has 9 rings (SSSR count). The first-order chi connectivity index (χ1) is 25.3. The van der Waals surface area contributed by atoms with Gasteiger partial charge in [0.15, 0.2) is 5.82 Å². The maximum absolute atomic E-state index is 17.2. The molecule has 4 aliphatic rings. The lowest BCUT2D eigenvalue weighted by molar-refractivity contribution is 0.0734. The Morgan fingerprint density at radius 2 is 1.94 bits per heavy atom. The highest BCUT2D eigenvalue weighted by Crippen LogP contribution is 2.42. The van der Waals surface area contributed by atoms with Crippen LogP contribution in [0, 0.1) is 24.0 Å². The highest BCUT2D eigenvalue weighted by molar-refractivity contribution is 6.03. The van der Waals surface area contributed by atoms with Gasteiger partial charge in [-0.2, -0.15) is 9.97 Å². The number of hydrogen-bond acceptors (Lipinski definition) is 10. The number of piperazine rings is 1. The minimum atomic E-state index is -0.939. The molecular formula is C39H34F3N7O3. The fraction of sp³-hybridized carbons (Fsp3) is 0.359. The van der Waals surface area contributed by atoms with E-state index in [9.17, 15) is 9.18 Å². The maximum Gasteiger partial charge on any atom is 0.345 e. The number of benzene rings is 2. The molecule has 1 N–H and O–H groups in total. The quantitative estimate of drug-likeness (QED) is 0.131. The molecule has 264 valence electrons. The number of terminal acetylenes is 1. The third-order valence-electron chi connectivity index (χ3n) is 10.9. The molecule has 0 radical (unpaired) electrons. The first-order valence-corrected chi connectivity index (χ1v) is 17.5. The third-order valence-corrected chi connectivity index (χ3v) is 10.9. The second-order valence-corrected chi connectivity index (χ2v) is 14.2. The summed E-state index contributed by atoms with van der Waals surface area (Å²) in [5.74, 6) is 0.797. The number of esters is 1. The predicted octanol–water partition coefficient (Wildman–Crippen LogP) is 5.61. The van der Waals surface area contributed by atoms with Gasteiger partial charge in [-0.1, -0.05) is 12.0 Å². The summed E-state index contributed by atoms with van der Waals surface area (Å²) in [4.78, 5) is 35.3. The van der Waals surface area contributed by atoms with Gasteiger partial charge in [-0.3, -0.25) is 14.9 Å². The fourth-order valence-corrected chi connectivity index (χ4v) is 8.58. The van der Waals surface area contributed by atoms with E-state index in [4.69, 9.17) is 20.9 Å². The van der Waals surface area contributed by atoms with E-state index in [1.54, 1.807) is 12.1 Å². The molecule has 4 aliphatic heterocycles. The number of ether oxygens (including phenoxy) is 2. The van der Waals surface area contributed by atoms with Crippen LogP contribution in [0.5, 0.6) is 11.8 Å². The van der Waals surface area contributed by atoms with Crippen molar-refractivity contribution in [3.63, 3.8) is 0 Å². The predicted molar refractivity (Wildman–Crippen MR) is 188 cm³/mol. The summed E-state index contributed by atoms with van der Waals surface area (Å²) in [5, 5.41) is 4.63. The molecule has 10 nitrogen and oxygen atoms in total. The second kappa shape index (κ2) is 12.7. The van der Waals surface area contributed by atoms with Crippen LogP contribution in [0.2, 0.25) is 0 Å². The molecule has 3 unspecified atom stereocenters. The smallest absolute Gasteiger partial charge is 0.345 e. The number of carbonyl (C=O) groups excluding carboxylic acids is 1. The number of nitrogens with one attached hydrogen (secondary N) is 1. The van der Waals surface area contributed by atoms with E-state index >= 15 is 8.78 Å². The number of carbonyl (C=O) groups is 1. The minimum Gasteiger partial charge on any atom is -0.461 e. The summed E-state index contributed by atoms with van der Waals surface area (Å²) in [6.45, 7) is 2.65. The number of nitrogens with zero attached hydrogens (tertiary/aromatic N) is 6. The van der Waals surface area contributed by atoms with E-state index in [1.807, 2.05) is 0 Å². The van der Waals surface area contributed by atoms with Crippen molar-refractivity contribution in [1.29, 1.82) is 0 Å². The van der Waals surface area contributed by atoms with Gasteiger partial charge in [0.25, 0.3) is 0 Å². The zero-order valence-electron chi connectivity index (χ0n) is 28.1. The maximum atomic E-state index is 17.2. The molecule has 52 heavy (non-hydrogen) atoms. The Morgan fingerprint density at radius 1 is 1.10 bits per heavy atom. The Morgan fingerprint density at radius 3 is 2.73 bits per heavy atom. The van der Waals surface area contributed by atoms with Crippen molar-refractivity contribution in [2.24, 2.45) is 0 Å². The summed E-state index contributed by atoms with van der Waals surface area (Å²) >= 11 is 0. The zero-order valence-corrected chi connectivity index (χ0v) is 28.1. The molecule has 2 aromatic carbocycles. The van der Waals surface area contributed by atoms with E-state index in [-0.39, 0.29) is 63.7 Å². The first-order valence-electron chi connectivity index (χ1n) is 17.5. The van der Waals surface area contributed by atoms with E-state index < -0.39 is 29.3 Å². The molecule has 7 heterocycles. The lowest BCUT2D eigenvalue weighted by Crippen LogP contribution is -2.51. The summed E-state index contributed by atoms with van der Waals surface area (Å²) in [6, 6.07) is 9.31. The van der Waals surface area contributed by atoms with Gasteiger partial charge in [0.05, 0.1) is 22.1 Å². The summed E-state index contributed by atoms with van der Waals surface area (Å²) in [7, 11) is 0. The Balaban J connectivity index is 1.18.